The second-order valence-corrected chi connectivity index (χ2v) is 8.52. The van der Waals surface area contributed by atoms with Crippen molar-refractivity contribution in [1.82, 2.24) is 10.2 Å². The fourth-order valence-corrected chi connectivity index (χ4v) is 3.72. The van der Waals surface area contributed by atoms with Crippen molar-refractivity contribution in [3.8, 4) is 0 Å². The molecular weight excluding hydrogens is 244 g/mol. The van der Waals surface area contributed by atoms with E-state index in [0.717, 1.165) is 24.4 Å². The molecule has 120 valence electrons. The first-order valence-corrected chi connectivity index (χ1v) is 8.61. The molecule has 1 aliphatic carbocycles. The molecule has 1 aliphatic rings. The van der Waals surface area contributed by atoms with Crippen LogP contribution >= 0.6 is 0 Å². The van der Waals surface area contributed by atoms with Gasteiger partial charge >= 0.3 is 0 Å². The minimum atomic E-state index is 0.434. The van der Waals surface area contributed by atoms with Crippen molar-refractivity contribution >= 4 is 0 Å². The quantitative estimate of drug-likeness (QED) is 0.787. The zero-order valence-electron chi connectivity index (χ0n) is 15.0. The zero-order valence-corrected chi connectivity index (χ0v) is 15.0. The molecule has 0 saturated heterocycles. The fourth-order valence-electron chi connectivity index (χ4n) is 3.72. The summed E-state index contributed by atoms with van der Waals surface area (Å²) in [5.41, 5.74) is 0.434. The Morgan fingerprint density at radius 2 is 1.70 bits per heavy atom. The van der Waals surface area contributed by atoms with E-state index in [1.807, 2.05) is 0 Å². The van der Waals surface area contributed by atoms with Gasteiger partial charge in [-0.05, 0) is 50.6 Å². The smallest absolute Gasteiger partial charge is 0.0217 e. The highest BCUT2D eigenvalue weighted by molar-refractivity contribution is 4.89. The van der Waals surface area contributed by atoms with Gasteiger partial charge in [0.15, 0.2) is 0 Å². The second-order valence-electron chi connectivity index (χ2n) is 8.52. The van der Waals surface area contributed by atoms with Crippen LogP contribution in [-0.2, 0) is 0 Å². The molecule has 0 radical (unpaired) electrons. The molecule has 0 amide bonds. The van der Waals surface area contributed by atoms with E-state index in [1.54, 1.807) is 0 Å². The molecule has 0 spiro atoms. The van der Waals surface area contributed by atoms with Gasteiger partial charge < -0.3 is 10.2 Å². The standard InChI is InChI=1S/C18H38N2/c1-14(2)12-15(20(6)7)13-19-17-11-9-8-10-16(17)18(3,4)5/h14-17,19H,8-13H2,1-7H3. The van der Waals surface area contributed by atoms with Crippen LogP contribution in [0.2, 0.25) is 0 Å². The van der Waals surface area contributed by atoms with Gasteiger partial charge in [-0.25, -0.2) is 0 Å². The molecule has 1 fully saturated rings. The Balaban J connectivity index is 2.55. The molecule has 2 nitrogen and oxygen atoms in total. The number of likely N-dealkylation sites (N-methyl/N-ethyl adjacent to an activating group) is 1. The van der Waals surface area contributed by atoms with E-state index in [-0.39, 0.29) is 0 Å². The molecule has 0 aliphatic heterocycles. The average Bonchev–Trinajstić information content (AvgIpc) is 2.33. The Bertz CT molecular complexity index is 265. The highest BCUT2D eigenvalue weighted by atomic mass is 15.1. The lowest BCUT2D eigenvalue weighted by atomic mass is 9.69. The molecular formula is C18H38N2. The largest absolute Gasteiger partial charge is 0.312 e. The van der Waals surface area contributed by atoms with Crippen LogP contribution in [0.25, 0.3) is 0 Å². The lowest BCUT2D eigenvalue weighted by Gasteiger charge is -2.42. The SMILES string of the molecule is CC(C)CC(CNC1CCCCC1C(C)(C)C)N(C)C. The molecule has 1 saturated carbocycles. The van der Waals surface area contributed by atoms with Gasteiger partial charge in [-0.2, -0.15) is 0 Å². The van der Waals surface area contributed by atoms with Gasteiger partial charge in [-0.1, -0.05) is 47.5 Å². The highest BCUT2D eigenvalue weighted by Crippen LogP contribution is 2.38. The number of nitrogens with one attached hydrogen (secondary N) is 1. The summed E-state index contributed by atoms with van der Waals surface area (Å²) >= 11 is 0. The third-order valence-electron chi connectivity index (χ3n) is 4.97. The first-order valence-electron chi connectivity index (χ1n) is 8.61. The van der Waals surface area contributed by atoms with Crippen LogP contribution in [0.1, 0.15) is 66.7 Å². The summed E-state index contributed by atoms with van der Waals surface area (Å²) in [5, 5.41) is 3.92. The number of rotatable bonds is 6. The van der Waals surface area contributed by atoms with Gasteiger partial charge in [0.05, 0.1) is 0 Å². The van der Waals surface area contributed by atoms with Gasteiger partial charge in [0, 0.05) is 18.6 Å². The molecule has 0 aromatic carbocycles. The zero-order chi connectivity index (χ0) is 15.3. The van der Waals surface area contributed by atoms with Gasteiger partial charge in [0.25, 0.3) is 0 Å². The number of nitrogens with zero attached hydrogens (tertiary/aromatic N) is 1. The Morgan fingerprint density at radius 3 is 2.20 bits per heavy atom. The summed E-state index contributed by atoms with van der Waals surface area (Å²) in [6, 6.07) is 1.39. The Labute approximate surface area is 127 Å². The summed E-state index contributed by atoms with van der Waals surface area (Å²) in [6.07, 6.45) is 6.87. The normalized spacial score (nSPS) is 26.2. The van der Waals surface area contributed by atoms with Crippen LogP contribution in [0.3, 0.4) is 0 Å². The summed E-state index contributed by atoms with van der Waals surface area (Å²) < 4.78 is 0. The summed E-state index contributed by atoms with van der Waals surface area (Å²) in [6.45, 7) is 13.0. The van der Waals surface area contributed by atoms with Crippen LogP contribution in [0.4, 0.5) is 0 Å². The van der Waals surface area contributed by atoms with Gasteiger partial charge in [0.1, 0.15) is 0 Å². The van der Waals surface area contributed by atoms with Gasteiger partial charge in [0.2, 0.25) is 0 Å². The summed E-state index contributed by atoms with van der Waals surface area (Å²) in [5.74, 6) is 1.60. The van der Waals surface area contributed by atoms with E-state index in [4.69, 9.17) is 0 Å². The Hall–Kier alpha value is -0.0800. The van der Waals surface area contributed by atoms with Crippen molar-refractivity contribution < 1.29 is 0 Å². The molecule has 2 heteroatoms. The third kappa shape index (κ3) is 5.73. The van der Waals surface area contributed by atoms with Crippen molar-refractivity contribution in [2.24, 2.45) is 17.3 Å². The molecule has 0 bridgehead atoms. The molecule has 20 heavy (non-hydrogen) atoms. The van der Waals surface area contributed by atoms with Crippen LogP contribution in [-0.4, -0.2) is 37.6 Å². The maximum atomic E-state index is 3.92. The summed E-state index contributed by atoms with van der Waals surface area (Å²) in [7, 11) is 4.44. The fraction of sp³-hybridized carbons (Fsp3) is 1.00. The van der Waals surface area contributed by atoms with Crippen LogP contribution in [0, 0.1) is 17.3 Å². The van der Waals surface area contributed by atoms with Crippen LogP contribution in [0.5, 0.6) is 0 Å². The highest BCUT2D eigenvalue weighted by Gasteiger charge is 2.34. The first kappa shape index (κ1) is 18.0. The Kier molecular flexibility index (Phi) is 7.00. The maximum absolute atomic E-state index is 3.92. The van der Waals surface area contributed by atoms with E-state index in [1.165, 1.54) is 32.1 Å². The first-order chi connectivity index (χ1) is 9.21. The Morgan fingerprint density at radius 1 is 1.10 bits per heavy atom. The van der Waals surface area contributed by atoms with E-state index in [9.17, 15) is 0 Å². The minimum Gasteiger partial charge on any atom is -0.312 e. The van der Waals surface area contributed by atoms with Crippen molar-refractivity contribution in [2.75, 3.05) is 20.6 Å². The van der Waals surface area contributed by atoms with E-state index >= 15 is 0 Å². The van der Waals surface area contributed by atoms with Crippen LogP contribution < -0.4 is 5.32 Å². The predicted molar refractivity (Wildman–Crippen MR) is 90.1 cm³/mol. The van der Waals surface area contributed by atoms with E-state index in [0.29, 0.717) is 11.5 Å². The van der Waals surface area contributed by atoms with Crippen molar-refractivity contribution in [2.45, 2.75) is 78.8 Å². The number of hydrogen-bond acceptors (Lipinski definition) is 2. The van der Waals surface area contributed by atoms with Gasteiger partial charge in [-0.3, -0.25) is 0 Å². The maximum Gasteiger partial charge on any atom is 0.0217 e. The predicted octanol–water partition coefficient (Wildman–Crippen LogP) is 4.16. The molecule has 0 aromatic heterocycles. The van der Waals surface area contributed by atoms with E-state index < -0.39 is 0 Å². The van der Waals surface area contributed by atoms with Crippen molar-refractivity contribution in [1.29, 1.82) is 0 Å². The summed E-state index contributed by atoms with van der Waals surface area (Å²) in [4.78, 5) is 2.39. The lowest BCUT2D eigenvalue weighted by molar-refractivity contribution is 0.122. The molecule has 0 aromatic rings. The lowest BCUT2D eigenvalue weighted by Crippen LogP contribution is -2.49. The number of hydrogen-bond donors (Lipinski definition) is 1. The molecule has 3 atom stereocenters. The molecule has 1 N–H and O–H groups in total. The molecule has 3 unspecified atom stereocenters. The molecule has 0 heterocycles. The topological polar surface area (TPSA) is 15.3 Å². The minimum absolute atomic E-state index is 0.434. The second kappa shape index (κ2) is 7.79. The van der Waals surface area contributed by atoms with Crippen molar-refractivity contribution in [3.05, 3.63) is 0 Å². The average molecular weight is 283 g/mol. The third-order valence-corrected chi connectivity index (χ3v) is 4.97. The van der Waals surface area contributed by atoms with Gasteiger partial charge in [-0.15, -0.1) is 0 Å². The molecule has 1 rings (SSSR count). The van der Waals surface area contributed by atoms with Crippen molar-refractivity contribution in [3.63, 3.8) is 0 Å². The van der Waals surface area contributed by atoms with E-state index in [2.05, 4.69) is 58.9 Å². The monoisotopic (exact) mass is 282 g/mol. The van der Waals surface area contributed by atoms with Crippen LogP contribution in [0.15, 0.2) is 0 Å².